The lowest BCUT2D eigenvalue weighted by atomic mass is 9.89. The summed E-state index contributed by atoms with van der Waals surface area (Å²) < 4.78 is 5.04. The number of carbonyl (C=O) groups excluding carboxylic acids is 1. The van der Waals surface area contributed by atoms with E-state index < -0.39 is 5.54 Å². The summed E-state index contributed by atoms with van der Waals surface area (Å²) in [5.74, 6) is -0.229. The van der Waals surface area contributed by atoms with Crippen LogP contribution in [0, 0.1) is 0 Å². The maximum absolute atomic E-state index is 12.3. The van der Waals surface area contributed by atoms with Gasteiger partial charge in [-0.2, -0.15) is 0 Å². The number of benzene rings is 1. The van der Waals surface area contributed by atoms with Gasteiger partial charge in [0, 0.05) is 6.54 Å². The second kappa shape index (κ2) is 6.17. The monoisotopic (exact) mass is 262 g/mol. The van der Waals surface area contributed by atoms with Crippen molar-refractivity contribution in [3.63, 3.8) is 0 Å². The lowest BCUT2D eigenvalue weighted by molar-refractivity contribution is -0.149. The largest absolute Gasteiger partial charge is 0.467 e. The molecule has 0 aliphatic carbocycles. The van der Waals surface area contributed by atoms with Crippen LogP contribution in [0.3, 0.4) is 0 Å². The molecule has 1 aliphatic rings. The van der Waals surface area contributed by atoms with Crippen molar-refractivity contribution < 1.29 is 9.53 Å². The van der Waals surface area contributed by atoms with E-state index >= 15 is 0 Å². The summed E-state index contributed by atoms with van der Waals surface area (Å²) in [5, 5.41) is 3.19. The summed E-state index contributed by atoms with van der Waals surface area (Å²) in [7, 11) is 3.27. The fourth-order valence-corrected chi connectivity index (χ4v) is 2.77. The van der Waals surface area contributed by atoms with Crippen molar-refractivity contribution in [2.45, 2.75) is 18.4 Å². The topological polar surface area (TPSA) is 41.6 Å². The normalized spacial score (nSPS) is 19.1. The fraction of sp³-hybridized carbons (Fsp3) is 0.533. The van der Waals surface area contributed by atoms with Crippen LogP contribution in [0.4, 0.5) is 0 Å². The third-order valence-electron chi connectivity index (χ3n) is 3.89. The first-order valence-electron chi connectivity index (χ1n) is 6.78. The molecular formula is C15H22N2O2. The second-order valence-corrected chi connectivity index (χ2v) is 5.00. The third-order valence-corrected chi connectivity index (χ3v) is 3.89. The second-order valence-electron chi connectivity index (χ2n) is 5.00. The minimum absolute atomic E-state index is 0.229. The van der Waals surface area contributed by atoms with E-state index in [-0.39, 0.29) is 5.97 Å². The molecule has 1 aromatic carbocycles. The summed E-state index contributed by atoms with van der Waals surface area (Å²) in [6.07, 6.45) is 2.41. The van der Waals surface area contributed by atoms with Crippen molar-refractivity contribution in [2.24, 2.45) is 0 Å². The van der Waals surface area contributed by atoms with Gasteiger partial charge in [0.1, 0.15) is 0 Å². The van der Waals surface area contributed by atoms with Crippen LogP contribution in [0.15, 0.2) is 30.3 Å². The Balaban J connectivity index is 2.32. The van der Waals surface area contributed by atoms with Crippen LogP contribution in [0.25, 0.3) is 0 Å². The first-order chi connectivity index (χ1) is 9.23. The molecule has 19 heavy (non-hydrogen) atoms. The standard InChI is InChI=1S/C15H22N2O2/c1-16-15(14(18)19-2,12-17-10-6-7-11-17)13-8-4-3-5-9-13/h3-5,8-9,16H,6-7,10-12H2,1-2H3. The molecule has 0 saturated carbocycles. The Bertz CT molecular complexity index is 415. The van der Waals surface area contributed by atoms with E-state index in [0.29, 0.717) is 6.54 Å². The average molecular weight is 262 g/mol. The van der Waals surface area contributed by atoms with Crippen molar-refractivity contribution in [2.75, 3.05) is 33.8 Å². The first-order valence-corrected chi connectivity index (χ1v) is 6.78. The van der Waals surface area contributed by atoms with Crippen LogP contribution in [-0.2, 0) is 15.1 Å². The number of hydrogen-bond acceptors (Lipinski definition) is 4. The molecule has 2 rings (SSSR count). The molecule has 1 heterocycles. The summed E-state index contributed by atoms with van der Waals surface area (Å²) in [6, 6.07) is 9.81. The van der Waals surface area contributed by atoms with E-state index in [1.165, 1.54) is 20.0 Å². The van der Waals surface area contributed by atoms with Gasteiger partial charge in [0.25, 0.3) is 0 Å². The number of hydrogen-bond donors (Lipinski definition) is 1. The minimum Gasteiger partial charge on any atom is -0.467 e. The highest BCUT2D eigenvalue weighted by Crippen LogP contribution is 2.25. The molecule has 1 N–H and O–H groups in total. The summed E-state index contributed by atoms with van der Waals surface area (Å²) >= 11 is 0. The van der Waals surface area contributed by atoms with Gasteiger partial charge >= 0.3 is 5.97 Å². The lowest BCUT2D eigenvalue weighted by Gasteiger charge is -2.34. The molecule has 1 fully saturated rings. The number of methoxy groups -OCH3 is 1. The average Bonchev–Trinajstić information content (AvgIpc) is 2.97. The van der Waals surface area contributed by atoms with Gasteiger partial charge in [0.2, 0.25) is 0 Å². The van der Waals surface area contributed by atoms with Gasteiger partial charge in [-0.1, -0.05) is 30.3 Å². The first kappa shape index (κ1) is 14.0. The Hall–Kier alpha value is -1.39. The van der Waals surface area contributed by atoms with Crippen LogP contribution in [-0.4, -0.2) is 44.7 Å². The van der Waals surface area contributed by atoms with E-state index in [1.807, 2.05) is 37.4 Å². The van der Waals surface area contributed by atoms with Gasteiger partial charge < -0.3 is 15.0 Å². The van der Waals surface area contributed by atoms with E-state index in [1.54, 1.807) is 0 Å². The van der Waals surface area contributed by atoms with Crippen LogP contribution in [0.2, 0.25) is 0 Å². The van der Waals surface area contributed by atoms with Crippen LogP contribution in [0.5, 0.6) is 0 Å². The number of likely N-dealkylation sites (N-methyl/N-ethyl adjacent to an activating group) is 1. The zero-order chi connectivity index (χ0) is 13.7. The minimum atomic E-state index is -0.777. The molecule has 1 atom stereocenters. The van der Waals surface area contributed by atoms with Gasteiger partial charge in [-0.05, 0) is 38.5 Å². The molecule has 0 amide bonds. The molecule has 0 spiro atoms. The molecule has 4 heteroatoms. The number of ether oxygens (including phenoxy) is 1. The molecular weight excluding hydrogens is 240 g/mol. The number of nitrogens with one attached hydrogen (secondary N) is 1. The zero-order valence-electron chi connectivity index (χ0n) is 11.7. The van der Waals surface area contributed by atoms with E-state index in [2.05, 4.69) is 10.2 Å². The Morgan fingerprint density at radius 3 is 2.47 bits per heavy atom. The predicted molar refractivity (Wildman–Crippen MR) is 74.9 cm³/mol. The molecule has 1 saturated heterocycles. The molecule has 1 unspecified atom stereocenters. The van der Waals surface area contributed by atoms with Crippen LogP contribution < -0.4 is 5.32 Å². The van der Waals surface area contributed by atoms with Crippen molar-refractivity contribution in [3.8, 4) is 0 Å². The molecule has 4 nitrogen and oxygen atoms in total. The van der Waals surface area contributed by atoms with Gasteiger partial charge in [-0.15, -0.1) is 0 Å². The molecule has 0 bridgehead atoms. The highest BCUT2D eigenvalue weighted by molar-refractivity contribution is 5.83. The number of carbonyl (C=O) groups is 1. The number of likely N-dealkylation sites (tertiary alicyclic amines) is 1. The van der Waals surface area contributed by atoms with Crippen LogP contribution >= 0.6 is 0 Å². The van der Waals surface area contributed by atoms with Gasteiger partial charge in [-0.25, -0.2) is 4.79 Å². The molecule has 0 radical (unpaired) electrons. The van der Waals surface area contributed by atoms with Crippen LogP contribution in [0.1, 0.15) is 18.4 Å². The predicted octanol–water partition coefficient (Wildman–Crippen LogP) is 1.37. The Labute approximate surface area is 114 Å². The zero-order valence-corrected chi connectivity index (χ0v) is 11.7. The lowest BCUT2D eigenvalue weighted by Crippen LogP contribution is -2.55. The van der Waals surface area contributed by atoms with Crippen molar-refractivity contribution in [1.82, 2.24) is 10.2 Å². The molecule has 1 aliphatic heterocycles. The third kappa shape index (κ3) is 2.80. The Morgan fingerprint density at radius 1 is 1.32 bits per heavy atom. The highest BCUT2D eigenvalue weighted by Gasteiger charge is 2.41. The maximum atomic E-state index is 12.3. The smallest absolute Gasteiger partial charge is 0.332 e. The summed E-state index contributed by atoms with van der Waals surface area (Å²) in [5.41, 5.74) is 0.177. The molecule has 0 aromatic heterocycles. The summed E-state index contributed by atoms with van der Waals surface area (Å²) in [4.78, 5) is 14.7. The molecule has 104 valence electrons. The Morgan fingerprint density at radius 2 is 1.95 bits per heavy atom. The fourth-order valence-electron chi connectivity index (χ4n) is 2.77. The van der Waals surface area contributed by atoms with Crippen molar-refractivity contribution in [3.05, 3.63) is 35.9 Å². The number of rotatable bonds is 5. The van der Waals surface area contributed by atoms with Crippen molar-refractivity contribution in [1.29, 1.82) is 0 Å². The molecule has 1 aromatic rings. The SMILES string of the molecule is CNC(CN1CCCC1)(C(=O)OC)c1ccccc1. The number of nitrogens with zero attached hydrogens (tertiary/aromatic N) is 1. The maximum Gasteiger partial charge on any atom is 0.332 e. The Kier molecular flexibility index (Phi) is 4.56. The van der Waals surface area contributed by atoms with Gasteiger partial charge in [0.15, 0.2) is 5.54 Å². The number of esters is 1. The van der Waals surface area contributed by atoms with Gasteiger partial charge in [-0.3, -0.25) is 0 Å². The highest BCUT2D eigenvalue weighted by atomic mass is 16.5. The van der Waals surface area contributed by atoms with E-state index in [0.717, 1.165) is 18.7 Å². The van der Waals surface area contributed by atoms with E-state index in [4.69, 9.17) is 4.74 Å². The summed E-state index contributed by atoms with van der Waals surface area (Å²) in [6.45, 7) is 2.75. The van der Waals surface area contributed by atoms with E-state index in [9.17, 15) is 4.79 Å². The van der Waals surface area contributed by atoms with Gasteiger partial charge in [0.05, 0.1) is 7.11 Å². The quantitative estimate of drug-likeness (QED) is 0.814. The van der Waals surface area contributed by atoms with Crippen molar-refractivity contribution >= 4 is 5.97 Å².